The smallest absolute Gasteiger partial charge is 0.266 e. The number of hydrogen-bond acceptors (Lipinski definition) is 6. The van der Waals surface area contributed by atoms with E-state index in [0.717, 1.165) is 42.7 Å². The van der Waals surface area contributed by atoms with Crippen molar-refractivity contribution >= 4 is 51.5 Å². The van der Waals surface area contributed by atoms with Crippen LogP contribution in [0.5, 0.6) is 0 Å². The summed E-state index contributed by atoms with van der Waals surface area (Å²) in [6.45, 7) is 17.1. The molecule has 1 amide bonds. The molecular weight excluding hydrogens is 492 g/mol. The Morgan fingerprint density at radius 1 is 1.11 bits per heavy atom. The van der Waals surface area contributed by atoms with Crippen molar-refractivity contribution in [3.05, 3.63) is 64.6 Å². The number of carbonyl (C=O) groups is 1. The Balaban J connectivity index is 1.40. The van der Waals surface area contributed by atoms with Crippen molar-refractivity contribution in [3.63, 3.8) is 0 Å². The Bertz CT molecular complexity index is 1300. The number of benzene rings is 2. The first kappa shape index (κ1) is 26.6. The molecule has 0 radical (unpaired) electrons. The van der Waals surface area contributed by atoms with Crippen LogP contribution in [0, 0.1) is 0 Å². The van der Waals surface area contributed by atoms with Crippen LogP contribution in [0.3, 0.4) is 0 Å². The Labute approximate surface area is 231 Å². The zero-order valence-corrected chi connectivity index (χ0v) is 24.1. The van der Waals surface area contributed by atoms with Crippen molar-refractivity contribution in [1.82, 2.24) is 4.90 Å². The van der Waals surface area contributed by atoms with E-state index in [9.17, 15) is 4.79 Å². The second-order valence-electron chi connectivity index (χ2n) is 10.9. The second-order valence-corrected chi connectivity index (χ2v) is 11.9. The van der Waals surface area contributed by atoms with Gasteiger partial charge in [-0.25, -0.2) is 4.99 Å². The fourth-order valence-electron chi connectivity index (χ4n) is 5.79. The van der Waals surface area contributed by atoms with Gasteiger partial charge < -0.3 is 14.5 Å². The van der Waals surface area contributed by atoms with Crippen molar-refractivity contribution in [3.8, 4) is 0 Å². The lowest BCUT2D eigenvalue weighted by Crippen LogP contribution is -2.49. The van der Waals surface area contributed by atoms with Gasteiger partial charge in [0.1, 0.15) is 0 Å². The SMILES string of the molecule is CCN1C(=O)/C(=C/c2ccc3c(c2)C(C)=CC(C)(C)N3C(C)C)SC1=Nc1ccc(N2CCOCC2)cc1. The molecule has 38 heavy (non-hydrogen) atoms. The fourth-order valence-corrected chi connectivity index (χ4v) is 6.85. The number of hydrogen-bond donors (Lipinski definition) is 0. The molecule has 0 aliphatic carbocycles. The monoisotopic (exact) mass is 530 g/mol. The number of anilines is 2. The zero-order valence-electron chi connectivity index (χ0n) is 23.3. The van der Waals surface area contributed by atoms with E-state index in [4.69, 9.17) is 9.73 Å². The largest absolute Gasteiger partial charge is 0.378 e. The van der Waals surface area contributed by atoms with E-state index in [0.29, 0.717) is 17.5 Å². The van der Waals surface area contributed by atoms with E-state index in [1.807, 2.05) is 25.1 Å². The molecule has 3 aliphatic rings. The van der Waals surface area contributed by atoms with Crippen LogP contribution in [0.25, 0.3) is 11.6 Å². The molecule has 2 aromatic carbocycles. The zero-order chi connectivity index (χ0) is 27.0. The van der Waals surface area contributed by atoms with Crippen LogP contribution in [0.4, 0.5) is 17.1 Å². The minimum atomic E-state index is -0.0457. The highest BCUT2D eigenvalue weighted by Crippen LogP contribution is 2.41. The summed E-state index contributed by atoms with van der Waals surface area (Å²) in [5.74, 6) is 0.0103. The first-order chi connectivity index (χ1) is 18.2. The maximum atomic E-state index is 13.3. The molecule has 0 bridgehead atoms. The van der Waals surface area contributed by atoms with Gasteiger partial charge in [0.05, 0.1) is 29.3 Å². The molecule has 0 unspecified atom stereocenters. The van der Waals surface area contributed by atoms with Crippen LogP contribution >= 0.6 is 11.8 Å². The average Bonchev–Trinajstić information content (AvgIpc) is 3.18. The quantitative estimate of drug-likeness (QED) is 0.410. The van der Waals surface area contributed by atoms with Gasteiger partial charge in [0.25, 0.3) is 5.91 Å². The minimum Gasteiger partial charge on any atom is -0.378 e. The number of aliphatic imine (C=N–C) groups is 1. The average molecular weight is 531 g/mol. The van der Waals surface area contributed by atoms with Crippen LogP contribution in [0.15, 0.2) is 58.4 Å². The number of nitrogens with zero attached hydrogens (tertiary/aromatic N) is 4. The summed E-state index contributed by atoms with van der Waals surface area (Å²) >= 11 is 1.45. The van der Waals surface area contributed by atoms with Crippen LogP contribution in [0.2, 0.25) is 0 Å². The van der Waals surface area contributed by atoms with Crippen LogP contribution in [-0.2, 0) is 9.53 Å². The molecule has 0 atom stereocenters. The molecule has 2 fully saturated rings. The molecule has 2 aromatic rings. The van der Waals surface area contributed by atoms with E-state index < -0.39 is 0 Å². The molecule has 7 heteroatoms. The third kappa shape index (κ3) is 5.14. The molecule has 200 valence electrons. The van der Waals surface area contributed by atoms with Gasteiger partial charge in [-0.3, -0.25) is 9.69 Å². The molecule has 3 aliphatic heterocycles. The molecule has 5 rings (SSSR count). The lowest BCUT2D eigenvalue weighted by Gasteiger charge is -2.46. The Kier molecular flexibility index (Phi) is 7.43. The highest BCUT2D eigenvalue weighted by Gasteiger charge is 2.34. The molecule has 3 heterocycles. The van der Waals surface area contributed by atoms with Gasteiger partial charge in [-0.1, -0.05) is 12.1 Å². The Morgan fingerprint density at radius 3 is 2.47 bits per heavy atom. The molecule has 6 nitrogen and oxygen atoms in total. The number of allylic oxidation sites excluding steroid dienone is 1. The van der Waals surface area contributed by atoms with Gasteiger partial charge in [0.15, 0.2) is 5.17 Å². The van der Waals surface area contributed by atoms with Crippen LogP contribution in [0.1, 0.15) is 52.7 Å². The number of likely N-dealkylation sites (N-methyl/N-ethyl adjacent to an activating group) is 1. The van der Waals surface area contributed by atoms with Crippen molar-refractivity contribution < 1.29 is 9.53 Å². The van der Waals surface area contributed by atoms with Crippen molar-refractivity contribution in [2.75, 3.05) is 42.6 Å². The van der Waals surface area contributed by atoms with Gasteiger partial charge in [0.2, 0.25) is 0 Å². The Morgan fingerprint density at radius 2 is 1.82 bits per heavy atom. The van der Waals surface area contributed by atoms with Crippen LogP contribution < -0.4 is 9.80 Å². The van der Waals surface area contributed by atoms with Gasteiger partial charge in [-0.15, -0.1) is 0 Å². The maximum absolute atomic E-state index is 13.3. The summed E-state index contributed by atoms with van der Waals surface area (Å²) < 4.78 is 5.46. The molecule has 0 N–H and O–H groups in total. The summed E-state index contributed by atoms with van der Waals surface area (Å²) in [5.41, 5.74) is 6.75. The third-order valence-electron chi connectivity index (χ3n) is 7.36. The summed E-state index contributed by atoms with van der Waals surface area (Å²) in [4.78, 5) is 25.4. The van der Waals surface area contributed by atoms with Gasteiger partial charge >= 0.3 is 0 Å². The van der Waals surface area contributed by atoms with E-state index in [-0.39, 0.29) is 11.4 Å². The molecular formula is C31H38N4O2S. The van der Waals surface area contributed by atoms with Gasteiger partial charge in [-0.2, -0.15) is 0 Å². The Hall–Kier alpha value is -3.03. The molecule has 2 saturated heterocycles. The van der Waals surface area contributed by atoms with Crippen molar-refractivity contribution in [2.45, 2.75) is 53.1 Å². The number of thioether (sulfide) groups is 1. The first-order valence-electron chi connectivity index (χ1n) is 13.5. The van der Waals surface area contributed by atoms with Crippen molar-refractivity contribution in [1.29, 1.82) is 0 Å². The lowest BCUT2D eigenvalue weighted by molar-refractivity contribution is -0.122. The van der Waals surface area contributed by atoms with E-state index in [1.165, 1.54) is 34.3 Å². The molecule has 0 saturated carbocycles. The number of fused-ring (bicyclic) bond motifs is 1. The lowest BCUT2D eigenvalue weighted by atomic mass is 9.87. The summed E-state index contributed by atoms with van der Waals surface area (Å²) in [7, 11) is 0. The fraction of sp³-hybridized carbons (Fsp3) is 0.419. The predicted molar refractivity (Wildman–Crippen MR) is 161 cm³/mol. The number of morpholine rings is 1. The minimum absolute atomic E-state index is 0.0103. The number of ether oxygens (including phenoxy) is 1. The second kappa shape index (κ2) is 10.6. The van der Waals surface area contributed by atoms with Gasteiger partial charge in [-0.05, 0) is 107 Å². The molecule has 0 aromatic heterocycles. The van der Waals surface area contributed by atoms with Gasteiger partial charge in [0, 0.05) is 42.6 Å². The standard InChI is InChI=1S/C31H38N4O2S/c1-7-34-29(36)28(38-30(34)32-24-9-11-25(12-10-24)33-14-16-37-17-15-33)19-23-8-13-27-26(18-23)22(4)20-31(5,6)35(27)21(2)3/h8-13,18-21H,7,14-17H2,1-6H3/b28-19-,32-30?. The number of carbonyl (C=O) groups excluding carboxylic acids is 1. The van der Waals surface area contributed by atoms with Crippen molar-refractivity contribution in [2.24, 2.45) is 4.99 Å². The summed E-state index contributed by atoms with van der Waals surface area (Å²) in [6, 6.07) is 15.2. The summed E-state index contributed by atoms with van der Waals surface area (Å²) in [6.07, 6.45) is 4.35. The highest BCUT2D eigenvalue weighted by atomic mass is 32.2. The molecule has 0 spiro atoms. The highest BCUT2D eigenvalue weighted by molar-refractivity contribution is 8.18. The number of amides is 1. The topological polar surface area (TPSA) is 48.4 Å². The van der Waals surface area contributed by atoms with Crippen LogP contribution in [-0.4, -0.2) is 60.4 Å². The third-order valence-corrected chi connectivity index (χ3v) is 8.37. The summed E-state index contributed by atoms with van der Waals surface area (Å²) in [5, 5.41) is 0.727. The number of amidine groups is 1. The van der Waals surface area contributed by atoms with E-state index in [1.54, 1.807) is 4.90 Å². The number of rotatable bonds is 5. The normalized spacial score (nSPS) is 21.5. The maximum Gasteiger partial charge on any atom is 0.266 e. The van der Waals surface area contributed by atoms with E-state index >= 15 is 0 Å². The first-order valence-corrected chi connectivity index (χ1v) is 14.4. The predicted octanol–water partition coefficient (Wildman–Crippen LogP) is 6.56. The van der Waals surface area contributed by atoms with E-state index in [2.05, 4.69) is 80.8 Å².